The summed E-state index contributed by atoms with van der Waals surface area (Å²) in [5.41, 5.74) is 0.894. The summed E-state index contributed by atoms with van der Waals surface area (Å²) in [5.74, 6) is -2.69. The predicted octanol–water partition coefficient (Wildman–Crippen LogP) is 6.71. The number of rotatable bonds is 7. The molecule has 4 rings (SSSR count). The number of sulfone groups is 1. The molecule has 1 aliphatic carbocycles. The maximum absolute atomic E-state index is 14.7. The van der Waals surface area contributed by atoms with Gasteiger partial charge in [0.15, 0.2) is 9.84 Å². The molecule has 17 heteroatoms. The molecule has 0 radical (unpaired) electrons. The summed E-state index contributed by atoms with van der Waals surface area (Å²) in [6, 6.07) is 6.41. The first-order valence-electron chi connectivity index (χ1n) is 13.2. The van der Waals surface area contributed by atoms with E-state index in [0.29, 0.717) is 12.1 Å². The van der Waals surface area contributed by atoms with Gasteiger partial charge in [-0.1, -0.05) is 41.5 Å². The Kier molecular flexibility index (Phi) is 8.70. The second kappa shape index (κ2) is 11.6. The van der Waals surface area contributed by atoms with Crippen molar-refractivity contribution in [3.8, 4) is 0 Å². The van der Waals surface area contributed by atoms with Crippen LogP contribution in [0, 0.1) is 11.8 Å². The van der Waals surface area contributed by atoms with Crippen molar-refractivity contribution in [2.24, 2.45) is 17.0 Å². The molecular formula is C27H25F7N4O5S. The molecule has 1 saturated heterocycles. The summed E-state index contributed by atoms with van der Waals surface area (Å²) in [5, 5.41) is 12.6. The van der Waals surface area contributed by atoms with Gasteiger partial charge in [0, 0.05) is 35.2 Å². The van der Waals surface area contributed by atoms with E-state index in [1.165, 1.54) is 17.0 Å². The number of halogens is 7. The number of azide groups is 1. The number of carbonyl (C=O) groups excluding carboxylic acids is 1. The third-order valence-corrected chi connectivity index (χ3v) is 10.9. The SMILES string of the molecule is [N-]=[N+]=Nc1ccc(S(=O)(=O)[C@@]2(c3ccc(C(F)(C(F)(F)F)C(F)(F)F)cc3)CCN(C(=O)C3CCC(C(=O)O)CC3)C2)cc1. The van der Waals surface area contributed by atoms with E-state index in [0.717, 1.165) is 12.1 Å². The Bertz CT molecular complexity index is 1550. The van der Waals surface area contributed by atoms with Crippen LogP contribution < -0.4 is 0 Å². The van der Waals surface area contributed by atoms with E-state index in [2.05, 4.69) is 10.0 Å². The molecule has 0 unspecified atom stereocenters. The first-order valence-corrected chi connectivity index (χ1v) is 14.7. The van der Waals surface area contributed by atoms with Gasteiger partial charge in [-0.3, -0.25) is 9.59 Å². The summed E-state index contributed by atoms with van der Waals surface area (Å²) >= 11 is 0. The van der Waals surface area contributed by atoms with Gasteiger partial charge in [0.1, 0.15) is 4.75 Å². The van der Waals surface area contributed by atoms with Crippen LogP contribution in [0.2, 0.25) is 0 Å². The highest BCUT2D eigenvalue weighted by Gasteiger charge is 2.73. The van der Waals surface area contributed by atoms with Gasteiger partial charge >= 0.3 is 24.0 Å². The van der Waals surface area contributed by atoms with Crippen molar-refractivity contribution in [1.29, 1.82) is 0 Å². The molecule has 44 heavy (non-hydrogen) atoms. The van der Waals surface area contributed by atoms with E-state index in [1.54, 1.807) is 0 Å². The summed E-state index contributed by atoms with van der Waals surface area (Å²) in [6.07, 6.45) is -12.1. The monoisotopic (exact) mass is 650 g/mol. The van der Waals surface area contributed by atoms with Crippen LogP contribution >= 0.6 is 0 Å². The number of carbonyl (C=O) groups is 2. The molecule has 9 nitrogen and oxygen atoms in total. The number of likely N-dealkylation sites (tertiary alicyclic amines) is 1. The Morgan fingerprint density at radius 1 is 0.886 bits per heavy atom. The van der Waals surface area contributed by atoms with E-state index in [4.69, 9.17) is 5.53 Å². The molecule has 1 amide bonds. The van der Waals surface area contributed by atoms with Gasteiger partial charge in [-0.25, -0.2) is 12.8 Å². The molecule has 1 aliphatic heterocycles. The number of hydrogen-bond donors (Lipinski definition) is 1. The normalized spacial score (nSPS) is 23.2. The smallest absolute Gasteiger partial charge is 0.435 e. The van der Waals surface area contributed by atoms with E-state index in [-0.39, 0.29) is 66.9 Å². The van der Waals surface area contributed by atoms with Gasteiger partial charge in [0.2, 0.25) is 5.91 Å². The number of aliphatic carboxylic acids is 1. The fraction of sp³-hybridized carbons (Fsp3) is 0.481. The molecule has 1 N–H and O–H groups in total. The molecule has 0 aromatic heterocycles. The Hall–Kier alpha value is -3.85. The zero-order valence-corrected chi connectivity index (χ0v) is 23.5. The highest BCUT2D eigenvalue weighted by atomic mass is 32.2. The summed E-state index contributed by atoms with van der Waals surface area (Å²) in [7, 11) is -4.55. The van der Waals surface area contributed by atoms with E-state index < -0.39 is 68.4 Å². The van der Waals surface area contributed by atoms with Gasteiger partial charge in [-0.2, -0.15) is 26.3 Å². The quantitative estimate of drug-likeness (QED) is 0.154. The highest BCUT2D eigenvalue weighted by molar-refractivity contribution is 7.92. The van der Waals surface area contributed by atoms with Crippen LogP contribution in [-0.4, -0.2) is 55.7 Å². The average Bonchev–Trinajstić information content (AvgIpc) is 3.43. The van der Waals surface area contributed by atoms with E-state index in [1.807, 2.05) is 0 Å². The van der Waals surface area contributed by atoms with Gasteiger partial charge in [0.05, 0.1) is 10.8 Å². The van der Waals surface area contributed by atoms with Crippen LogP contribution in [0.5, 0.6) is 0 Å². The number of carboxylic acids is 1. The van der Waals surface area contributed by atoms with Crippen molar-refractivity contribution in [2.45, 2.75) is 59.8 Å². The Labute approximate surface area is 246 Å². The molecule has 1 atom stereocenters. The lowest BCUT2D eigenvalue weighted by molar-refractivity contribution is -0.348. The van der Waals surface area contributed by atoms with Gasteiger partial charge in [-0.05, 0) is 55.3 Å². The largest absolute Gasteiger partial charge is 0.481 e. The third-order valence-electron chi connectivity index (χ3n) is 8.38. The summed E-state index contributed by atoms with van der Waals surface area (Å²) < 4.78 is 121. The second-order valence-electron chi connectivity index (χ2n) is 10.8. The number of nitrogens with zero attached hydrogens (tertiary/aromatic N) is 4. The molecule has 0 bridgehead atoms. The molecule has 2 aromatic rings. The number of alkyl halides is 7. The number of hydrogen-bond acceptors (Lipinski definition) is 5. The summed E-state index contributed by atoms with van der Waals surface area (Å²) in [6.45, 7) is -0.669. The average molecular weight is 651 g/mol. The Morgan fingerprint density at radius 2 is 1.41 bits per heavy atom. The summed E-state index contributed by atoms with van der Waals surface area (Å²) in [4.78, 5) is 28.2. The fourth-order valence-corrected chi connectivity index (χ4v) is 7.96. The van der Waals surface area contributed by atoms with E-state index >= 15 is 0 Å². The Balaban J connectivity index is 1.76. The standard InChI is InChI=1S/C27H25F7N4O5S/c28-25(26(29,30)31,27(32,33)34)19-7-5-18(6-8-19)24(44(42,43)21-11-9-20(10-12-21)36-37-35)13-14-38(15-24)22(39)16-1-3-17(4-2-16)23(40)41/h5-12,16-17H,1-4,13-15H2,(H,40,41)/t16?,17?,24-/m0/s1. The lowest BCUT2D eigenvalue weighted by atomic mass is 9.81. The van der Waals surface area contributed by atoms with E-state index in [9.17, 15) is 53.8 Å². The molecule has 2 fully saturated rings. The zero-order chi connectivity index (χ0) is 32.7. The first-order chi connectivity index (χ1) is 20.4. The maximum atomic E-state index is 14.7. The Morgan fingerprint density at radius 3 is 1.89 bits per heavy atom. The molecule has 2 aliphatic rings. The minimum absolute atomic E-state index is 0.0589. The van der Waals surface area contributed by atoms with Crippen molar-refractivity contribution >= 4 is 27.4 Å². The molecular weight excluding hydrogens is 625 g/mol. The van der Waals surface area contributed by atoms with Crippen molar-refractivity contribution < 1.29 is 53.8 Å². The third kappa shape index (κ3) is 5.58. The first kappa shape index (κ1) is 33.1. The highest BCUT2D eigenvalue weighted by Crippen LogP contribution is 2.54. The van der Waals surface area contributed by atoms with Gasteiger partial charge in [0.25, 0.3) is 0 Å². The van der Waals surface area contributed by atoms with Crippen LogP contribution in [-0.2, 0) is 29.8 Å². The second-order valence-corrected chi connectivity index (χ2v) is 13.1. The van der Waals surface area contributed by atoms with Crippen LogP contribution in [0.1, 0.15) is 43.2 Å². The topological polar surface area (TPSA) is 141 Å². The van der Waals surface area contributed by atoms with Crippen LogP contribution in [0.4, 0.5) is 36.4 Å². The van der Waals surface area contributed by atoms with Crippen LogP contribution in [0.3, 0.4) is 0 Å². The van der Waals surface area contributed by atoms with Gasteiger partial charge in [-0.15, -0.1) is 0 Å². The van der Waals surface area contributed by atoms with Crippen molar-refractivity contribution in [3.05, 3.63) is 70.1 Å². The lowest BCUT2D eigenvalue weighted by Gasteiger charge is -2.33. The molecule has 0 spiro atoms. The number of amides is 1. The predicted molar refractivity (Wildman–Crippen MR) is 140 cm³/mol. The molecule has 238 valence electrons. The number of benzene rings is 2. The van der Waals surface area contributed by atoms with Crippen LogP contribution in [0.25, 0.3) is 10.4 Å². The lowest BCUT2D eigenvalue weighted by Crippen LogP contribution is -2.50. The van der Waals surface area contributed by atoms with Crippen molar-refractivity contribution in [1.82, 2.24) is 4.90 Å². The molecule has 1 saturated carbocycles. The fourth-order valence-electron chi connectivity index (χ4n) is 5.89. The minimum Gasteiger partial charge on any atom is -0.481 e. The van der Waals surface area contributed by atoms with Gasteiger partial charge < -0.3 is 10.0 Å². The van der Waals surface area contributed by atoms with Crippen molar-refractivity contribution in [3.63, 3.8) is 0 Å². The molecule has 2 aromatic carbocycles. The zero-order valence-electron chi connectivity index (χ0n) is 22.6. The maximum Gasteiger partial charge on any atom is 0.435 e. The number of carboxylic acid groups (broad SMARTS) is 1. The minimum atomic E-state index is -6.37. The van der Waals surface area contributed by atoms with Crippen molar-refractivity contribution in [2.75, 3.05) is 13.1 Å². The van der Waals surface area contributed by atoms with Crippen LogP contribution in [0.15, 0.2) is 58.5 Å². The molecule has 1 heterocycles.